The number of hydrogen-bond donors (Lipinski definition) is 0. The minimum atomic E-state index is 0.115. The van der Waals surface area contributed by atoms with Crippen molar-refractivity contribution < 1.29 is 0 Å². The number of pyridine rings is 1. The molecule has 0 aliphatic carbocycles. The van der Waals surface area contributed by atoms with Crippen LogP contribution in [0.15, 0.2) is 29.2 Å². The Balaban J connectivity index is 1.88. The van der Waals surface area contributed by atoms with Crippen LogP contribution < -0.4 is 5.56 Å². The van der Waals surface area contributed by atoms with E-state index in [9.17, 15) is 4.79 Å². The zero-order valence-corrected chi connectivity index (χ0v) is 9.22. The summed E-state index contributed by atoms with van der Waals surface area (Å²) in [6.07, 6.45) is 4.27. The van der Waals surface area contributed by atoms with Crippen molar-refractivity contribution in [2.45, 2.75) is 19.4 Å². The second-order valence-electron chi connectivity index (χ2n) is 4.44. The van der Waals surface area contributed by atoms with Gasteiger partial charge in [0.2, 0.25) is 5.56 Å². The van der Waals surface area contributed by atoms with Gasteiger partial charge in [-0.05, 0) is 38.4 Å². The van der Waals surface area contributed by atoms with Gasteiger partial charge in [-0.1, -0.05) is 6.07 Å². The summed E-state index contributed by atoms with van der Waals surface area (Å²) in [4.78, 5) is 13.8. The molecule has 0 amide bonds. The van der Waals surface area contributed by atoms with Crippen LogP contribution >= 0.6 is 0 Å². The highest BCUT2D eigenvalue weighted by Crippen LogP contribution is 2.18. The minimum absolute atomic E-state index is 0.115. The Morgan fingerprint density at radius 3 is 3.00 bits per heavy atom. The third-order valence-electron chi connectivity index (χ3n) is 3.17. The fraction of sp³-hybridized carbons (Fsp3) is 0.583. The maximum absolute atomic E-state index is 11.4. The van der Waals surface area contributed by atoms with Gasteiger partial charge in [-0.15, -0.1) is 0 Å². The van der Waals surface area contributed by atoms with E-state index in [0.717, 1.165) is 18.9 Å². The van der Waals surface area contributed by atoms with Gasteiger partial charge in [-0.25, -0.2) is 0 Å². The summed E-state index contributed by atoms with van der Waals surface area (Å²) in [5, 5.41) is 0. The van der Waals surface area contributed by atoms with Gasteiger partial charge in [-0.3, -0.25) is 4.79 Å². The molecule has 15 heavy (non-hydrogen) atoms. The fourth-order valence-corrected chi connectivity index (χ4v) is 2.23. The Labute approximate surface area is 90.3 Å². The number of aromatic nitrogens is 1. The normalized spacial score (nSPS) is 22.1. The molecule has 2 heterocycles. The van der Waals surface area contributed by atoms with Crippen molar-refractivity contribution in [3.8, 4) is 0 Å². The predicted octanol–water partition coefficient (Wildman–Crippen LogP) is 1.19. The Hall–Kier alpha value is -1.09. The van der Waals surface area contributed by atoms with Crippen molar-refractivity contribution in [3.05, 3.63) is 34.7 Å². The average molecular weight is 206 g/mol. The third-order valence-corrected chi connectivity index (χ3v) is 3.17. The summed E-state index contributed by atoms with van der Waals surface area (Å²) in [5.74, 6) is 0.766. The lowest BCUT2D eigenvalue weighted by Crippen LogP contribution is -2.20. The quantitative estimate of drug-likeness (QED) is 0.742. The number of rotatable bonds is 3. The number of likely N-dealkylation sites (tertiary alicyclic amines) is 1. The van der Waals surface area contributed by atoms with Crippen LogP contribution in [0.2, 0.25) is 0 Å². The zero-order chi connectivity index (χ0) is 10.7. The molecule has 1 aromatic rings. The van der Waals surface area contributed by atoms with E-state index >= 15 is 0 Å². The molecule has 2 rings (SSSR count). The largest absolute Gasteiger partial charge is 0.316 e. The zero-order valence-electron chi connectivity index (χ0n) is 9.22. The highest BCUT2D eigenvalue weighted by atomic mass is 16.1. The summed E-state index contributed by atoms with van der Waals surface area (Å²) in [5.41, 5.74) is 0.115. The average Bonchev–Trinajstić information content (AvgIpc) is 2.63. The summed E-state index contributed by atoms with van der Waals surface area (Å²) in [7, 11) is 2.16. The molecule has 0 radical (unpaired) electrons. The van der Waals surface area contributed by atoms with E-state index in [4.69, 9.17) is 0 Å². The lowest BCUT2D eigenvalue weighted by atomic mass is 10.1. The number of aryl methyl sites for hydroxylation is 1. The van der Waals surface area contributed by atoms with Gasteiger partial charge in [0.15, 0.2) is 0 Å². The SMILES string of the molecule is CN1CCC(CCn2ccccc2=O)C1. The van der Waals surface area contributed by atoms with Crippen molar-refractivity contribution in [2.24, 2.45) is 5.92 Å². The predicted molar refractivity (Wildman–Crippen MR) is 60.9 cm³/mol. The minimum Gasteiger partial charge on any atom is -0.316 e. The van der Waals surface area contributed by atoms with E-state index < -0.39 is 0 Å². The molecule has 1 aliphatic rings. The van der Waals surface area contributed by atoms with Gasteiger partial charge in [0.05, 0.1) is 0 Å². The van der Waals surface area contributed by atoms with E-state index in [1.807, 2.05) is 12.3 Å². The molecule has 82 valence electrons. The maximum Gasteiger partial charge on any atom is 0.250 e. The first-order valence-electron chi connectivity index (χ1n) is 5.60. The third kappa shape index (κ3) is 2.69. The topological polar surface area (TPSA) is 25.2 Å². The van der Waals surface area contributed by atoms with Crippen molar-refractivity contribution in [1.82, 2.24) is 9.47 Å². The summed E-state index contributed by atoms with van der Waals surface area (Å²) >= 11 is 0. The van der Waals surface area contributed by atoms with E-state index in [1.165, 1.54) is 19.5 Å². The first-order chi connectivity index (χ1) is 7.25. The monoisotopic (exact) mass is 206 g/mol. The molecule has 1 unspecified atom stereocenters. The fourth-order valence-electron chi connectivity index (χ4n) is 2.23. The summed E-state index contributed by atoms with van der Waals surface area (Å²) in [6, 6.07) is 5.34. The van der Waals surface area contributed by atoms with Gasteiger partial charge in [0.25, 0.3) is 0 Å². The Morgan fingerprint density at radius 1 is 1.47 bits per heavy atom. The molecule has 3 heteroatoms. The van der Waals surface area contributed by atoms with Crippen LogP contribution in [-0.2, 0) is 6.54 Å². The van der Waals surface area contributed by atoms with Crippen LogP contribution in [0, 0.1) is 5.92 Å². The molecule has 0 bridgehead atoms. The van der Waals surface area contributed by atoms with Crippen LogP contribution in [-0.4, -0.2) is 29.6 Å². The second-order valence-corrected chi connectivity index (χ2v) is 4.44. The highest BCUT2D eigenvalue weighted by molar-refractivity contribution is 4.93. The first kappa shape index (κ1) is 10.4. The van der Waals surface area contributed by atoms with Gasteiger partial charge in [-0.2, -0.15) is 0 Å². The number of hydrogen-bond acceptors (Lipinski definition) is 2. The molecule has 0 N–H and O–H groups in total. The molecule has 3 nitrogen and oxygen atoms in total. The Morgan fingerprint density at radius 2 is 2.33 bits per heavy atom. The van der Waals surface area contributed by atoms with Gasteiger partial charge >= 0.3 is 0 Å². The molecule has 0 spiro atoms. The highest BCUT2D eigenvalue weighted by Gasteiger charge is 2.18. The molecule has 1 aromatic heterocycles. The van der Waals surface area contributed by atoms with Gasteiger partial charge < -0.3 is 9.47 Å². The van der Waals surface area contributed by atoms with Crippen molar-refractivity contribution in [3.63, 3.8) is 0 Å². The lowest BCUT2D eigenvalue weighted by Gasteiger charge is -2.11. The van der Waals surface area contributed by atoms with Crippen molar-refractivity contribution in [2.75, 3.05) is 20.1 Å². The first-order valence-corrected chi connectivity index (χ1v) is 5.60. The molecule has 1 aliphatic heterocycles. The summed E-state index contributed by atoms with van der Waals surface area (Å²) < 4.78 is 1.80. The molecule has 1 fully saturated rings. The van der Waals surface area contributed by atoms with Crippen LogP contribution in [0.4, 0.5) is 0 Å². The second kappa shape index (κ2) is 4.62. The Bertz CT molecular complexity index is 372. The molecule has 0 saturated carbocycles. The van der Waals surface area contributed by atoms with Gasteiger partial charge in [0.1, 0.15) is 0 Å². The van der Waals surface area contributed by atoms with Crippen molar-refractivity contribution >= 4 is 0 Å². The van der Waals surface area contributed by atoms with Crippen LogP contribution in [0.5, 0.6) is 0 Å². The molecule has 1 saturated heterocycles. The van der Waals surface area contributed by atoms with Crippen LogP contribution in [0.1, 0.15) is 12.8 Å². The van der Waals surface area contributed by atoms with Crippen molar-refractivity contribution in [1.29, 1.82) is 0 Å². The van der Waals surface area contributed by atoms with E-state index in [1.54, 1.807) is 16.7 Å². The van der Waals surface area contributed by atoms with E-state index in [-0.39, 0.29) is 5.56 Å². The van der Waals surface area contributed by atoms with Gasteiger partial charge in [0, 0.05) is 25.4 Å². The van der Waals surface area contributed by atoms with Crippen LogP contribution in [0.3, 0.4) is 0 Å². The number of nitrogens with zero attached hydrogens (tertiary/aromatic N) is 2. The van der Waals surface area contributed by atoms with E-state index in [0.29, 0.717) is 0 Å². The molecular formula is C12H18N2O. The summed E-state index contributed by atoms with van der Waals surface area (Å²) in [6.45, 7) is 3.24. The molecule has 0 aromatic carbocycles. The van der Waals surface area contributed by atoms with E-state index in [2.05, 4.69) is 11.9 Å². The maximum atomic E-state index is 11.4. The Kier molecular flexibility index (Phi) is 3.21. The smallest absolute Gasteiger partial charge is 0.250 e. The standard InChI is InChI=1S/C12H18N2O/c1-13-8-5-11(10-13)6-9-14-7-3-2-4-12(14)15/h2-4,7,11H,5-6,8-10H2,1H3. The molecule has 1 atom stereocenters. The lowest BCUT2D eigenvalue weighted by molar-refractivity contribution is 0.379. The molecular weight excluding hydrogens is 188 g/mol. The van der Waals surface area contributed by atoms with Crippen LogP contribution in [0.25, 0.3) is 0 Å².